The van der Waals surface area contributed by atoms with Crippen LogP contribution in [0.3, 0.4) is 0 Å². The maximum atomic E-state index is 11.3. The summed E-state index contributed by atoms with van der Waals surface area (Å²) in [6, 6.07) is 0. The third-order valence-electron chi connectivity index (χ3n) is 1.99. The Morgan fingerprint density at radius 2 is 2.14 bits per heavy atom. The molecule has 6 nitrogen and oxygen atoms in total. The van der Waals surface area contributed by atoms with E-state index in [0.717, 1.165) is 13.1 Å². The lowest BCUT2D eigenvalue weighted by molar-refractivity contribution is 0.0189. The van der Waals surface area contributed by atoms with E-state index in [4.69, 9.17) is 14.9 Å². The summed E-state index contributed by atoms with van der Waals surface area (Å²) in [5.41, 5.74) is 0. The van der Waals surface area contributed by atoms with Gasteiger partial charge in [0.2, 0.25) is 0 Å². The zero-order valence-corrected chi connectivity index (χ0v) is 7.98. The van der Waals surface area contributed by atoms with Crippen molar-refractivity contribution in [3.8, 4) is 0 Å². The van der Waals surface area contributed by atoms with E-state index in [1.807, 2.05) is 0 Å². The van der Waals surface area contributed by atoms with Crippen LogP contribution in [-0.4, -0.2) is 66.7 Å². The highest BCUT2D eigenvalue weighted by Gasteiger charge is 2.18. The SMILES string of the molecule is O=C(OCC(O)CO)N1CCNCC1. The number of piperazine rings is 1. The summed E-state index contributed by atoms with van der Waals surface area (Å²) in [6.07, 6.45) is -1.42. The number of carbonyl (C=O) groups excluding carboxylic acids is 1. The summed E-state index contributed by atoms with van der Waals surface area (Å²) < 4.78 is 4.78. The van der Waals surface area contributed by atoms with Crippen molar-refractivity contribution in [3.05, 3.63) is 0 Å². The van der Waals surface area contributed by atoms with Crippen molar-refractivity contribution in [2.24, 2.45) is 0 Å². The van der Waals surface area contributed by atoms with Crippen molar-refractivity contribution in [1.82, 2.24) is 10.2 Å². The number of hydrogen-bond donors (Lipinski definition) is 3. The van der Waals surface area contributed by atoms with Crippen LogP contribution in [0.5, 0.6) is 0 Å². The molecule has 0 aromatic rings. The summed E-state index contributed by atoms with van der Waals surface area (Å²) in [5.74, 6) is 0. The average Bonchev–Trinajstić information content (AvgIpc) is 2.26. The molecule has 0 bridgehead atoms. The Balaban J connectivity index is 2.19. The third kappa shape index (κ3) is 3.49. The van der Waals surface area contributed by atoms with E-state index in [-0.39, 0.29) is 6.61 Å². The lowest BCUT2D eigenvalue weighted by atomic mass is 10.4. The van der Waals surface area contributed by atoms with E-state index in [2.05, 4.69) is 5.32 Å². The van der Waals surface area contributed by atoms with Gasteiger partial charge in [0.25, 0.3) is 0 Å². The van der Waals surface area contributed by atoms with Crippen molar-refractivity contribution in [1.29, 1.82) is 0 Å². The maximum Gasteiger partial charge on any atom is 0.409 e. The molecule has 1 saturated heterocycles. The molecule has 0 radical (unpaired) electrons. The van der Waals surface area contributed by atoms with Crippen molar-refractivity contribution in [2.45, 2.75) is 6.10 Å². The Morgan fingerprint density at radius 3 is 2.71 bits per heavy atom. The molecule has 82 valence electrons. The Hall–Kier alpha value is -0.850. The first-order chi connectivity index (χ1) is 6.74. The molecule has 6 heteroatoms. The van der Waals surface area contributed by atoms with Gasteiger partial charge in [0, 0.05) is 26.2 Å². The van der Waals surface area contributed by atoms with E-state index >= 15 is 0 Å². The lowest BCUT2D eigenvalue weighted by Crippen LogP contribution is -2.47. The Kier molecular flexibility index (Phi) is 4.64. The van der Waals surface area contributed by atoms with E-state index in [0.29, 0.717) is 13.1 Å². The van der Waals surface area contributed by atoms with Crippen molar-refractivity contribution >= 4 is 6.09 Å². The highest BCUT2D eigenvalue weighted by molar-refractivity contribution is 5.67. The molecular weight excluding hydrogens is 188 g/mol. The lowest BCUT2D eigenvalue weighted by Gasteiger charge is -2.26. The molecule has 1 heterocycles. The van der Waals surface area contributed by atoms with Gasteiger partial charge in [0.05, 0.1) is 6.61 Å². The van der Waals surface area contributed by atoms with Gasteiger partial charge in [-0.2, -0.15) is 0 Å². The fourth-order valence-electron chi connectivity index (χ4n) is 1.16. The molecule has 3 N–H and O–H groups in total. The van der Waals surface area contributed by atoms with E-state index in [1.165, 1.54) is 0 Å². The molecule has 1 unspecified atom stereocenters. The predicted molar refractivity (Wildman–Crippen MR) is 48.9 cm³/mol. The number of nitrogens with zero attached hydrogens (tertiary/aromatic N) is 1. The van der Waals surface area contributed by atoms with Crippen LogP contribution in [0, 0.1) is 0 Å². The van der Waals surface area contributed by atoms with Gasteiger partial charge in [-0.25, -0.2) is 4.79 Å². The molecule has 1 amide bonds. The minimum atomic E-state index is -0.984. The third-order valence-corrected chi connectivity index (χ3v) is 1.99. The second kappa shape index (κ2) is 5.79. The molecule has 1 aliphatic rings. The minimum absolute atomic E-state index is 0.154. The second-order valence-corrected chi connectivity index (χ2v) is 3.15. The topological polar surface area (TPSA) is 82.0 Å². The number of carbonyl (C=O) groups is 1. The van der Waals surface area contributed by atoms with Gasteiger partial charge in [-0.3, -0.25) is 0 Å². The van der Waals surface area contributed by atoms with Gasteiger partial charge in [-0.1, -0.05) is 0 Å². The molecule has 14 heavy (non-hydrogen) atoms. The molecule has 1 aliphatic heterocycles. The van der Waals surface area contributed by atoms with Gasteiger partial charge in [-0.15, -0.1) is 0 Å². The van der Waals surface area contributed by atoms with Crippen LogP contribution < -0.4 is 5.32 Å². The molecule has 0 aromatic heterocycles. The normalized spacial score (nSPS) is 19.1. The predicted octanol–water partition coefficient (Wildman–Crippen LogP) is -1.62. The fourth-order valence-corrected chi connectivity index (χ4v) is 1.16. The van der Waals surface area contributed by atoms with Crippen molar-refractivity contribution in [2.75, 3.05) is 39.4 Å². The maximum absolute atomic E-state index is 11.3. The van der Waals surface area contributed by atoms with Crippen LogP contribution in [0.4, 0.5) is 4.79 Å². The van der Waals surface area contributed by atoms with Gasteiger partial charge < -0.3 is 25.2 Å². The largest absolute Gasteiger partial charge is 0.447 e. The number of aliphatic hydroxyl groups excluding tert-OH is 2. The minimum Gasteiger partial charge on any atom is -0.447 e. The number of hydrogen-bond acceptors (Lipinski definition) is 5. The van der Waals surface area contributed by atoms with Crippen LogP contribution in [0.2, 0.25) is 0 Å². The number of nitrogens with one attached hydrogen (secondary N) is 1. The van der Waals surface area contributed by atoms with Crippen molar-refractivity contribution < 1.29 is 19.7 Å². The first kappa shape index (κ1) is 11.2. The summed E-state index contributed by atoms with van der Waals surface area (Å²) >= 11 is 0. The number of rotatable bonds is 3. The monoisotopic (exact) mass is 204 g/mol. The van der Waals surface area contributed by atoms with Crippen LogP contribution in [0.25, 0.3) is 0 Å². The summed E-state index contributed by atoms with van der Waals surface area (Å²) in [5, 5.41) is 20.5. The van der Waals surface area contributed by atoms with Gasteiger partial charge in [0.1, 0.15) is 12.7 Å². The summed E-state index contributed by atoms with van der Waals surface area (Å²) in [6.45, 7) is 2.21. The second-order valence-electron chi connectivity index (χ2n) is 3.15. The quantitative estimate of drug-likeness (QED) is 0.515. The number of amides is 1. The molecule has 0 aromatic carbocycles. The first-order valence-corrected chi connectivity index (χ1v) is 4.65. The van der Waals surface area contributed by atoms with E-state index < -0.39 is 18.8 Å². The Labute approximate surface area is 82.5 Å². The highest BCUT2D eigenvalue weighted by Crippen LogP contribution is 1.97. The standard InChI is InChI=1S/C8H16N2O4/c11-5-7(12)6-14-8(13)10-3-1-9-2-4-10/h7,9,11-12H,1-6H2. The smallest absolute Gasteiger partial charge is 0.409 e. The molecule has 1 atom stereocenters. The zero-order valence-electron chi connectivity index (χ0n) is 7.98. The highest BCUT2D eigenvalue weighted by atomic mass is 16.6. The molecular formula is C8H16N2O4. The summed E-state index contributed by atoms with van der Waals surface area (Å²) in [4.78, 5) is 12.9. The number of aliphatic hydroxyl groups is 2. The van der Waals surface area contributed by atoms with Gasteiger partial charge in [0.15, 0.2) is 0 Å². The van der Waals surface area contributed by atoms with Gasteiger partial charge >= 0.3 is 6.09 Å². The van der Waals surface area contributed by atoms with Crippen LogP contribution >= 0.6 is 0 Å². The first-order valence-electron chi connectivity index (χ1n) is 4.65. The van der Waals surface area contributed by atoms with Crippen LogP contribution in [0.15, 0.2) is 0 Å². The van der Waals surface area contributed by atoms with Gasteiger partial charge in [-0.05, 0) is 0 Å². The molecule has 1 rings (SSSR count). The van der Waals surface area contributed by atoms with Crippen LogP contribution in [-0.2, 0) is 4.74 Å². The molecule has 0 spiro atoms. The molecule has 0 aliphatic carbocycles. The Morgan fingerprint density at radius 1 is 1.50 bits per heavy atom. The average molecular weight is 204 g/mol. The summed E-state index contributed by atoms with van der Waals surface area (Å²) in [7, 11) is 0. The number of ether oxygens (including phenoxy) is 1. The van der Waals surface area contributed by atoms with Crippen LogP contribution in [0.1, 0.15) is 0 Å². The van der Waals surface area contributed by atoms with E-state index in [1.54, 1.807) is 4.90 Å². The molecule has 0 saturated carbocycles. The zero-order chi connectivity index (χ0) is 10.4. The fraction of sp³-hybridized carbons (Fsp3) is 0.875. The van der Waals surface area contributed by atoms with E-state index in [9.17, 15) is 4.79 Å². The Bertz CT molecular complexity index is 182. The molecule has 1 fully saturated rings. The van der Waals surface area contributed by atoms with Crippen molar-refractivity contribution in [3.63, 3.8) is 0 Å².